The molecule has 0 spiro atoms. The molecule has 5 nitrogen and oxygen atoms in total. The van der Waals surface area contributed by atoms with Crippen LogP contribution >= 0.6 is 22.9 Å². The number of rotatable bonds is 8. The molecule has 26 heavy (non-hydrogen) atoms. The summed E-state index contributed by atoms with van der Waals surface area (Å²) < 4.78 is 5.58. The summed E-state index contributed by atoms with van der Waals surface area (Å²) in [6.45, 7) is 8.31. The van der Waals surface area contributed by atoms with Gasteiger partial charge in [0.2, 0.25) is 0 Å². The lowest BCUT2D eigenvalue weighted by Gasteiger charge is -2.16. The normalized spacial score (nSPS) is 12.9. The highest BCUT2D eigenvalue weighted by Gasteiger charge is 2.11. The third-order valence-corrected chi connectivity index (χ3v) is 5.34. The minimum absolute atomic E-state index is 0.131. The first kappa shape index (κ1) is 20.7. The molecular weight excluding hydrogens is 368 g/mol. The average Bonchev–Trinajstić information content (AvgIpc) is 2.93. The summed E-state index contributed by atoms with van der Waals surface area (Å²) in [7, 11) is 1.69. The van der Waals surface area contributed by atoms with E-state index in [1.165, 1.54) is 4.88 Å². The van der Waals surface area contributed by atoms with Gasteiger partial charge in [-0.1, -0.05) is 23.7 Å². The van der Waals surface area contributed by atoms with Gasteiger partial charge in [0.25, 0.3) is 0 Å². The number of hydrogen-bond donors (Lipinski definition) is 2. The number of nitrogens with zero attached hydrogens (tertiary/aromatic N) is 2. The third-order valence-electron chi connectivity index (χ3n) is 3.97. The van der Waals surface area contributed by atoms with Crippen molar-refractivity contribution < 1.29 is 4.74 Å². The van der Waals surface area contributed by atoms with E-state index in [0.717, 1.165) is 41.7 Å². The number of methoxy groups -OCH3 is 1. The summed E-state index contributed by atoms with van der Waals surface area (Å²) >= 11 is 7.83. The molecule has 142 valence electrons. The van der Waals surface area contributed by atoms with Crippen molar-refractivity contribution in [1.29, 1.82) is 0 Å². The van der Waals surface area contributed by atoms with E-state index in [2.05, 4.69) is 41.4 Å². The summed E-state index contributed by atoms with van der Waals surface area (Å²) in [5.74, 6) is 0.779. The fourth-order valence-electron chi connectivity index (χ4n) is 2.47. The number of nitrogens with one attached hydrogen (secondary N) is 2. The Hall–Kier alpha value is -1.63. The molecule has 0 saturated heterocycles. The number of thiazole rings is 1. The number of guanidine groups is 1. The smallest absolute Gasteiger partial charge is 0.191 e. The molecule has 0 aliphatic carbocycles. The van der Waals surface area contributed by atoms with Gasteiger partial charge in [0.15, 0.2) is 5.96 Å². The molecule has 1 unspecified atom stereocenters. The SMILES string of the molecule is CCNC(=NCC(OC)c1cccc(Cl)c1)NCCc1nc(C)c(C)s1. The lowest BCUT2D eigenvalue weighted by atomic mass is 10.1. The fourth-order valence-corrected chi connectivity index (χ4v) is 3.60. The number of aliphatic imine (C=N–C) groups is 1. The average molecular weight is 395 g/mol. The van der Waals surface area contributed by atoms with Crippen LogP contribution in [0.4, 0.5) is 0 Å². The zero-order valence-electron chi connectivity index (χ0n) is 15.8. The Kier molecular flexibility index (Phi) is 8.35. The number of aryl methyl sites for hydroxylation is 2. The van der Waals surface area contributed by atoms with E-state index in [9.17, 15) is 0 Å². The number of ether oxygens (including phenoxy) is 1. The molecule has 2 aromatic rings. The van der Waals surface area contributed by atoms with Crippen LogP contribution in [0.5, 0.6) is 0 Å². The Labute approximate surface area is 164 Å². The predicted octanol–water partition coefficient (Wildman–Crippen LogP) is 3.90. The Bertz CT molecular complexity index is 713. The second-order valence-electron chi connectivity index (χ2n) is 5.92. The minimum atomic E-state index is -0.131. The van der Waals surface area contributed by atoms with Crippen molar-refractivity contribution in [2.24, 2.45) is 4.99 Å². The first-order valence-electron chi connectivity index (χ1n) is 8.76. The Morgan fingerprint density at radius 3 is 2.77 bits per heavy atom. The molecule has 0 saturated carbocycles. The van der Waals surface area contributed by atoms with Crippen molar-refractivity contribution in [2.45, 2.75) is 33.3 Å². The van der Waals surface area contributed by atoms with Gasteiger partial charge >= 0.3 is 0 Å². The van der Waals surface area contributed by atoms with Crippen LogP contribution < -0.4 is 10.6 Å². The summed E-state index contributed by atoms with van der Waals surface area (Å²) in [5.41, 5.74) is 2.14. The second kappa shape index (κ2) is 10.5. The molecular formula is C19H27ClN4OS. The van der Waals surface area contributed by atoms with Crippen molar-refractivity contribution >= 4 is 28.9 Å². The van der Waals surface area contributed by atoms with Crippen LogP contribution in [-0.2, 0) is 11.2 Å². The van der Waals surface area contributed by atoms with Gasteiger partial charge < -0.3 is 15.4 Å². The Morgan fingerprint density at radius 2 is 2.15 bits per heavy atom. The fraction of sp³-hybridized carbons (Fsp3) is 0.474. The van der Waals surface area contributed by atoms with E-state index in [4.69, 9.17) is 16.3 Å². The highest BCUT2D eigenvalue weighted by molar-refractivity contribution is 7.11. The van der Waals surface area contributed by atoms with Crippen molar-refractivity contribution in [3.63, 3.8) is 0 Å². The number of aromatic nitrogens is 1. The quantitative estimate of drug-likeness (QED) is 0.526. The van der Waals surface area contributed by atoms with Gasteiger partial charge in [-0.25, -0.2) is 4.98 Å². The molecule has 1 aromatic carbocycles. The van der Waals surface area contributed by atoms with Crippen LogP contribution in [-0.4, -0.2) is 37.7 Å². The molecule has 7 heteroatoms. The number of benzene rings is 1. The number of halogens is 1. The molecule has 2 N–H and O–H groups in total. The van der Waals surface area contributed by atoms with E-state index in [1.807, 2.05) is 24.3 Å². The molecule has 0 radical (unpaired) electrons. The van der Waals surface area contributed by atoms with E-state index in [0.29, 0.717) is 11.6 Å². The van der Waals surface area contributed by atoms with Crippen molar-refractivity contribution in [3.05, 3.63) is 50.4 Å². The summed E-state index contributed by atoms with van der Waals surface area (Å²) in [5, 5.41) is 8.48. The van der Waals surface area contributed by atoms with Crippen molar-refractivity contribution in [2.75, 3.05) is 26.7 Å². The van der Waals surface area contributed by atoms with Crippen LogP contribution in [0.15, 0.2) is 29.3 Å². The van der Waals surface area contributed by atoms with Gasteiger partial charge in [-0.15, -0.1) is 11.3 Å². The van der Waals surface area contributed by atoms with Gasteiger partial charge in [0, 0.05) is 36.5 Å². The molecule has 0 aliphatic rings. The van der Waals surface area contributed by atoms with Crippen LogP contribution in [0.2, 0.25) is 5.02 Å². The standard InChI is InChI=1S/C19H27ClN4OS/c1-5-21-19(22-10-9-18-24-13(2)14(3)26-18)23-12-17(25-4)15-7-6-8-16(20)11-15/h6-8,11,17H,5,9-10,12H2,1-4H3,(H2,21,22,23). The Morgan fingerprint density at radius 1 is 1.35 bits per heavy atom. The van der Waals surface area contributed by atoms with Crippen LogP contribution in [0, 0.1) is 13.8 Å². The first-order valence-corrected chi connectivity index (χ1v) is 9.96. The lowest BCUT2D eigenvalue weighted by molar-refractivity contribution is 0.111. The van der Waals surface area contributed by atoms with Crippen molar-refractivity contribution in [3.8, 4) is 0 Å². The third kappa shape index (κ3) is 6.27. The molecule has 0 bridgehead atoms. The van der Waals surface area contributed by atoms with Gasteiger partial charge in [-0.05, 0) is 38.5 Å². The molecule has 1 heterocycles. The van der Waals surface area contributed by atoms with E-state index >= 15 is 0 Å². The van der Waals surface area contributed by atoms with E-state index in [-0.39, 0.29) is 6.10 Å². The highest BCUT2D eigenvalue weighted by atomic mass is 35.5. The van der Waals surface area contributed by atoms with Gasteiger partial charge in [-0.2, -0.15) is 0 Å². The summed E-state index contributed by atoms with van der Waals surface area (Å²) in [6.07, 6.45) is 0.750. The monoisotopic (exact) mass is 394 g/mol. The first-order chi connectivity index (χ1) is 12.5. The molecule has 0 aliphatic heterocycles. The second-order valence-corrected chi connectivity index (χ2v) is 7.65. The number of hydrogen-bond acceptors (Lipinski definition) is 4. The Balaban J connectivity index is 1.93. The highest BCUT2D eigenvalue weighted by Crippen LogP contribution is 2.20. The maximum Gasteiger partial charge on any atom is 0.191 e. The molecule has 2 rings (SSSR count). The lowest BCUT2D eigenvalue weighted by Crippen LogP contribution is -2.38. The molecule has 0 amide bonds. The zero-order chi connectivity index (χ0) is 18.9. The summed E-state index contributed by atoms with van der Waals surface area (Å²) in [6, 6.07) is 7.70. The molecule has 1 atom stereocenters. The van der Waals surface area contributed by atoms with Crippen LogP contribution in [0.3, 0.4) is 0 Å². The van der Waals surface area contributed by atoms with Gasteiger partial charge in [0.05, 0.1) is 17.2 Å². The summed E-state index contributed by atoms with van der Waals surface area (Å²) in [4.78, 5) is 10.5. The minimum Gasteiger partial charge on any atom is -0.375 e. The molecule has 0 fully saturated rings. The zero-order valence-corrected chi connectivity index (χ0v) is 17.4. The largest absolute Gasteiger partial charge is 0.375 e. The maximum atomic E-state index is 6.08. The molecule has 1 aromatic heterocycles. The maximum absolute atomic E-state index is 6.08. The van der Waals surface area contributed by atoms with Crippen LogP contribution in [0.1, 0.15) is 34.2 Å². The van der Waals surface area contributed by atoms with Crippen LogP contribution in [0.25, 0.3) is 0 Å². The van der Waals surface area contributed by atoms with Gasteiger partial charge in [0.1, 0.15) is 6.10 Å². The van der Waals surface area contributed by atoms with Gasteiger partial charge in [-0.3, -0.25) is 4.99 Å². The van der Waals surface area contributed by atoms with E-state index in [1.54, 1.807) is 18.4 Å². The topological polar surface area (TPSA) is 58.5 Å². The van der Waals surface area contributed by atoms with Crippen molar-refractivity contribution in [1.82, 2.24) is 15.6 Å². The van der Waals surface area contributed by atoms with E-state index < -0.39 is 0 Å². The predicted molar refractivity (Wildman–Crippen MR) is 110 cm³/mol.